The lowest BCUT2D eigenvalue weighted by atomic mass is 10.1. The minimum atomic E-state index is -0.274. The fourth-order valence-corrected chi connectivity index (χ4v) is 3.13. The summed E-state index contributed by atoms with van der Waals surface area (Å²) in [5.41, 5.74) is 4.76. The molecule has 0 bridgehead atoms. The van der Waals surface area contributed by atoms with Gasteiger partial charge in [-0.2, -0.15) is 5.10 Å². The molecular formula is C17H16FN5O. The van der Waals surface area contributed by atoms with E-state index in [0.717, 1.165) is 24.9 Å². The summed E-state index contributed by atoms with van der Waals surface area (Å²) in [6.07, 6.45) is 4.92. The van der Waals surface area contributed by atoms with Crippen molar-refractivity contribution in [1.82, 2.24) is 25.0 Å². The molecule has 1 aliphatic heterocycles. The number of imidazole rings is 1. The SMILES string of the molecule is O=C(NN1CCCC1c1cccc(F)c1)c1cnc2cccnn12. The number of fused-ring (bicyclic) bond motifs is 1. The Morgan fingerprint density at radius 1 is 1.29 bits per heavy atom. The van der Waals surface area contributed by atoms with E-state index in [1.807, 2.05) is 11.1 Å². The number of rotatable bonds is 3. The third-order valence-electron chi connectivity index (χ3n) is 4.24. The molecule has 0 saturated carbocycles. The number of nitrogens with one attached hydrogen (secondary N) is 1. The lowest BCUT2D eigenvalue weighted by molar-refractivity contribution is 0.0756. The Kier molecular flexibility index (Phi) is 3.70. The van der Waals surface area contributed by atoms with Crippen LogP contribution < -0.4 is 5.43 Å². The van der Waals surface area contributed by atoms with E-state index in [9.17, 15) is 9.18 Å². The Balaban J connectivity index is 1.56. The fraction of sp³-hybridized carbons (Fsp3) is 0.235. The van der Waals surface area contributed by atoms with Crippen LogP contribution in [0, 0.1) is 5.82 Å². The molecule has 1 N–H and O–H groups in total. The normalized spacial score (nSPS) is 18.1. The van der Waals surface area contributed by atoms with Gasteiger partial charge in [0, 0.05) is 12.7 Å². The summed E-state index contributed by atoms with van der Waals surface area (Å²) < 4.78 is 15.0. The molecule has 2 aromatic heterocycles. The van der Waals surface area contributed by atoms with Crippen molar-refractivity contribution in [3.63, 3.8) is 0 Å². The first kappa shape index (κ1) is 14.8. The summed E-state index contributed by atoms with van der Waals surface area (Å²) in [6.45, 7) is 0.719. The molecule has 24 heavy (non-hydrogen) atoms. The summed E-state index contributed by atoms with van der Waals surface area (Å²) in [6, 6.07) is 10.0. The van der Waals surface area contributed by atoms with E-state index in [-0.39, 0.29) is 17.8 Å². The highest BCUT2D eigenvalue weighted by molar-refractivity contribution is 5.92. The van der Waals surface area contributed by atoms with E-state index < -0.39 is 0 Å². The van der Waals surface area contributed by atoms with Crippen LogP contribution in [0.5, 0.6) is 0 Å². The largest absolute Gasteiger partial charge is 0.285 e. The second-order valence-corrected chi connectivity index (χ2v) is 5.78. The average Bonchev–Trinajstić information content (AvgIpc) is 3.21. The van der Waals surface area contributed by atoms with Gasteiger partial charge in [-0.1, -0.05) is 12.1 Å². The van der Waals surface area contributed by atoms with E-state index in [1.165, 1.54) is 22.8 Å². The molecule has 7 heteroatoms. The van der Waals surface area contributed by atoms with Crippen molar-refractivity contribution in [3.8, 4) is 0 Å². The highest BCUT2D eigenvalue weighted by atomic mass is 19.1. The topological polar surface area (TPSA) is 62.5 Å². The van der Waals surface area contributed by atoms with E-state index in [4.69, 9.17) is 0 Å². The predicted molar refractivity (Wildman–Crippen MR) is 85.5 cm³/mol. The van der Waals surface area contributed by atoms with Crippen LogP contribution in [0.3, 0.4) is 0 Å². The van der Waals surface area contributed by atoms with Gasteiger partial charge < -0.3 is 0 Å². The van der Waals surface area contributed by atoms with Crippen LogP contribution in [0.15, 0.2) is 48.8 Å². The molecule has 0 aliphatic carbocycles. The predicted octanol–water partition coefficient (Wildman–Crippen LogP) is 2.35. The molecule has 0 spiro atoms. The van der Waals surface area contributed by atoms with Crippen LogP contribution in [-0.2, 0) is 0 Å². The highest BCUT2D eigenvalue weighted by Crippen LogP contribution is 2.30. The van der Waals surface area contributed by atoms with Gasteiger partial charge in [0.1, 0.15) is 5.82 Å². The van der Waals surface area contributed by atoms with Gasteiger partial charge in [0.05, 0.1) is 12.2 Å². The molecule has 1 amide bonds. The van der Waals surface area contributed by atoms with E-state index in [0.29, 0.717) is 11.3 Å². The second kappa shape index (κ2) is 6.01. The molecule has 3 aromatic rings. The van der Waals surface area contributed by atoms with Crippen molar-refractivity contribution in [2.24, 2.45) is 0 Å². The Morgan fingerprint density at radius 2 is 2.21 bits per heavy atom. The first-order chi connectivity index (χ1) is 11.7. The smallest absolute Gasteiger partial charge is 0.283 e. The van der Waals surface area contributed by atoms with Crippen molar-refractivity contribution < 1.29 is 9.18 Å². The molecule has 1 fully saturated rings. The highest BCUT2D eigenvalue weighted by Gasteiger charge is 2.28. The number of benzene rings is 1. The van der Waals surface area contributed by atoms with Crippen molar-refractivity contribution in [2.75, 3.05) is 6.54 Å². The number of hydrazine groups is 1. The quantitative estimate of drug-likeness (QED) is 0.803. The van der Waals surface area contributed by atoms with Crippen molar-refractivity contribution >= 4 is 11.6 Å². The Hall–Kier alpha value is -2.80. The van der Waals surface area contributed by atoms with Crippen molar-refractivity contribution in [1.29, 1.82) is 0 Å². The number of nitrogens with zero attached hydrogens (tertiary/aromatic N) is 4. The molecule has 4 rings (SSSR count). The fourth-order valence-electron chi connectivity index (χ4n) is 3.13. The maximum atomic E-state index is 13.5. The lowest BCUT2D eigenvalue weighted by Crippen LogP contribution is -2.42. The van der Waals surface area contributed by atoms with Crippen LogP contribution in [0.25, 0.3) is 5.65 Å². The van der Waals surface area contributed by atoms with E-state index >= 15 is 0 Å². The third-order valence-corrected chi connectivity index (χ3v) is 4.24. The molecule has 0 radical (unpaired) electrons. The minimum Gasteiger partial charge on any atom is -0.283 e. The van der Waals surface area contributed by atoms with Gasteiger partial charge in [-0.3, -0.25) is 10.2 Å². The van der Waals surface area contributed by atoms with Crippen LogP contribution in [0.2, 0.25) is 0 Å². The maximum Gasteiger partial charge on any atom is 0.285 e. The van der Waals surface area contributed by atoms with Crippen molar-refractivity contribution in [2.45, 2.75) is 18.9 Å². The molecular weight excluding hydrogens is 309 g/mol. The average molecular weight is 325 g/mol. The molecule has 1 aliphatic rings. The summed E-state index contributed by atoms with van der Waals surface area (Å²) in [5, 5.41) is 6.01. The molecule has 1 unspecified atom stereocenters. The van der Waals surface area contributed by atoms with Gasteiger partial charge in [0.2, 0.25) is 0 Å². The van der Waals surface area contributed by atoms with E-state index in [1.54, 1.807) is 24.4 Å². The van der Waals surface area contributed by atoms with E-state index in [2.05, 4.69) is 15.5 Å². The Morgan fingerprint density at radius 3 is 3.08 bits per heavy atom. The number of amides is 1. The summed E-state index contributed by atoms with van der Waals surface area (Å²) >= 11 is 0. The first-order valence-corrected chi connectivity index (χ1v) is 7.84. The number of carbonyl (C=O) groups is 1. The number of hydrogen-bond acceptors (Lipinski definition) is 4. The third kappa shape index (κ3) is 2.63. The standard InChI is InChI=1S/C17H16FN5O/c18-13-5-1-4-12(10-13)14-6-3-9-22(14)21-17(24)15-11-19-16-7-2-8-20-23(15)16/h1-2,4-5,7-8,10-11,14H,3,6,9H2,(H,21,24). The summed E-state index contributed by atoms with van der Waals surface area (Å²) in [7, 11) is 0. The number of carbonyl (C=O) groups excluding carboxylic acids is 1. The zero-order chi connectivity index (χ0) is 16.5. The zero-order valence-corrected chi connectivity index (χ0v) is 12.9. The lowest BCUT2D eigenvalue weighted by Gasteiger charge is -2.25. The van der Waals surface area contributed by atoms with Crippen LogP contribution in [-0.4, -0.2) is 32.1 Å². The van der Waals surface area contributed by atoms with Crippen molar-refractivity contribution in [3.05, 3.63) is 65.9 Å². The van der Waals surface area contributed by atoms with Crippen LogP contribution in [0.4, 0.5) is 4.39 Å². The van der Waals surface area contributed by atoms with Gasteiger partial charge >= 0.3 is 0 Å². The Labute approximate surface area is 137 Å². The van der Waals surface area contributed by atoms with Gasteiger partial charge in [0.25, 0.3) is 5.91 Å². The second-order valence-electron chi connectivity index (χ2n) is 5.78. The molecule has 122 valence electrons. The molecule has 1 saturated heterocycles. The first-order valence-electron chi connectivity index (χ1n) is 7.84. The molecule has 1 atom stereocenters. The van der Waals surface area contributed by atoms with Crippen LogP contribution >= 0.6 is 0 Å². The van der Waals surface area contributed by atoms with Crippen LogP contribution in [0.1, 0.15) is 34.9 Å². The molecule has 6 nitrogen and oxygen atoms in total. The van der Waals surface area contributed by atoms with Gasteiger partial charge in [-0.25, -0.2) is 18.9 Å². The Bertz CT molecular complexity index is 893. The summed E-state index contributed by atoms with van der Waals surface area (Å²) in [4.78, 5) is 16.8. The monoisotopic (exact) mass is 325 g/mol. The number of hydrogen-bond donors (Lipinski definition) is 1. The maximum absolute atomic E-state index is 13.5. The molecule has 3 heterocycles. The van der Waals surface area contributed by atoms with Gasteiger partial charge in [0.15, 0.2) is 11.3 Å². The zero-order valence-electron chi connectivity index (χ0n) is 12.9. The minimum absolute atomic E-state index is 0.0307. The summed E-state index contributed by atoms with van der Waals surface area (Å²) in [5.74, 6) is -0.541. The molecule has 1 aromatic carbocycles. The van der Waals surface area contributed by atoms with Gasteiger partial charge in [-0.05, 0) is 42.7 Å². The van der Waals surface area contributed by atoms with Gasteiger partial charge in [-0.15, -0.1) is 0 Å². The number of halogens is 1. The number of aromatic nitrogens is 3.